The Labute approximate surface area is 127 Å². The van der Waals surface area contributed by atoms with Gasteiger partial charge in [0.05, 0.1) is 13.0 Å². The maximum absolute atomic E-state index is 11.8. The van der Waals surface area contributed by atoms with E-state index in [0.29, 0.717) is 31.4 Å². The summed E-state index contributed by atoms with van der Waals surface area (Å²) in [7, 11) is 0. The summed E-state index contributed by atoms with van der Waals surface area (Å²) in [5.41, 5.74) is 6.96. The SMILES string of the molecule is CC(C)c1ccc(OCCC(=O)NC(CN)C2CC2)cc1. The van der Waals surface area contributed by atoms with E-state index in [4.69, 9.17) is 10.5 Å². The number of ether oxygens (including phenoxy) is 1. The van der Waals surface area contributed by atoms with Crippen LogP contribution in [-0.4, -0.2) is 25.1 Å². The molecule has 3 N–H and O–H groups in total. The molecule has 116 valence electrons. The molecule has 1 aliphatic rings. The molecule has 0 spiro atoms. The quantitative estimate of drug-likeness (QED) is 0.773. The van der Waals surface area contributed by atoms with Crippen molar-refractivity contribution in [1.82, 2.24) is 5.32 Å². The van der Waals surface area contributed by atoms with Crippen LogP contribution in [-0.2, 0) is 4.79 Å². The highest BCUT2D eigenvalue weighted by Crippen LogP contribution is 2.32. The van der Waals surface area contributed by atoms with Crippen LogP contribution in [0.3, 0.4) is 0 Å². The van der Waals surface area contributed by atoms with Crippen molar-refractivity contribution >= 4 is 5.91 Å². The largest absolute Gasteiger partial charge is 0.493 e. The summed E-state index contributed by atoms with van der Waals surface area (Å²) in [5, 5.41) is 3.00. The lowest BCUT2D eigenvalue weighted by Crippen LogP contribution is -2.42. The van der Waals surface area contributed by atoms with Gasteiger partial charge in [0.15, 0.2) is 0 Å². The average Bonchev–Trinajstić information content (AvgIpc) is 3.30. The number of hydrogen-bond acceptors (Lipinski definition) is 3. The molecule has 4 heteroatoms. The van der Waals surface area contributed by atoms with E-state index in [1.807, 2.05) is 12.1 Å². The number of nitrogens with two attached hydrogens (primary N) is 1. The first-order chi connectivity index (χ1) is 10.1. The molecule has 0 heterocycles. The van der Waals surface area contributed by atoms with Gasteiger partial charge in [0.25, 0.3) is 0 Å². The number of nitrogens with one attached hydrogen (secondary N) is 1. The van der Waals surface area contributed by atoms with Crippen molar-refractivity contribution in [3.8, 4) is 5.75 Å². The van der Waals surface area contributed by atoms with E-state index in [9.17, 15) is 4.79 Å². The molecule has 1 unspecified atom stereocenters. The predicted octanol–water partition coefficient (Wildman–Crippen LogP) is 2.43. The first kappa shape index (κ1) is 15.8. The Kier molecular flexibility index (Phi) is 5.62. The fraction of sp³-hybridized carbons (Fsp3) is 0.588. The second-order valence-electron chi connectivity index (χ2n) is 6.07. The lowest BCUT2D eigenvalue weighted by Gasteiger charge is -2.16. The van der Waals surface area contributed by atoms with Gasteiger partial charge >= 0.3 is 0 Å². The molecule has 4 nitrogen and oxygen atoms in total. The Morgan fingerprint density at radius 2 is 2.00 bits per heavy atom. The Hall–Kier alpha value is -1.55. The molecule has 1 amide bonds. The van der Waals surface area contributed by atoms with Gasteiger partial charge in [-0.15, -0.1) is 0 Å². The second kappa shape index (κ2) is 7.46. The molecule has 1 atom stereocenters. The summed E-state index contributed by atoms with van der Waals surface area (Å²) >= 11 is 0. The monoisotopic (exact) mass is 290 g/mol. The average molecular weight is 290 g/mol. The van der Waals surface area contributed by atoms with Crippen molar-refractivity contribution in [2.24, 2.45) is 11.7 Å². The molecule has 2 rings (SSSR count). The zero-order valence-electron chi connectivity index (χ0n) is 13.0. The Morgan fingerprint density at radius 1 is 1.33 bits per heavy atom. The fourth-order valence-electron chi connectivity index (χ4n) is 2.36. The van der Waals surface area contributed by atoms with Gasteiger partial charge in [-0.05, 0) is 42.4 Å². The molecule has 1 fully saturated rings. The van der Waals surface area contributed by atoms with Crippen LogP contribution in [0, 0.1) is 5.92 Å². The summed E-state index contributed by atoms with van der Waals surface area (Å²) in [6.45, 7) is 5.24. The fourth-order valence-corrected chi connectivity index (χ4v) is 2.36. The first-order valence-electron chi connectivity index (χ1n) is 7.82. The molecule has 1 saturated carbocycles. The van der Waals surface area contributed by atoms with E-state index in [1.54, 1.807) is 0 Å². The number of carbonyl (C=O) groups is 1. The van der Waals surface area contributed by atoms with Crippen LogP contribution >= 0.6 is 0 Å². The minimum absolute atomic E-state index is 0.0242. The van der Waals surface area contributed by atoms with Gasteiger partial charge in [0, 0.05) is 12.6 Å². The van der Waals surface area contributed by atoms with Crippen molar-refractivity contribution in [2.75, 3.05) is 13.2 Å². The number of carbonyl (C=O) groups excluding carboxylic acids is 1. The van der Waals surface area contributed by atoms with Gasteiger partial charge in [-0.2, -0.15) is 0 Å². The van der Waals surface area contributed by atoms with Crippen LogP contribution in [0.15, 0.2) is 24.3 Å². The van der Waals surface area contributed by atoms with Crippen molar-refractivity contribution < 1.29 is 9.53 Å². The van der Waals surface area contributed by atoms with Crippen molar-refractivity contribution in [2.45, 2.75) is 45.1 Å². The minimum atomic E-state index is 0.0242. The Balaban J connectivity index is 1.69. The van der Waals surface area contributed by atoms with Crippen LogP contribution in [0.25, 0.3) is 0 Å². The van der Waals surface area contributed by atoms with E-state index in [1.165, 1.54) is 18.4 Å². The normalized spacial score (nSPS) is 15.8. The van der Waals surface area contributed by atoms with E-state index < -0.39 is 0 Å². The van der Waals surface area contributed by atoms with E-state index in [-0.39, 0.29) is 11.9 Å². The van der Waals surface area contributed by atoms with Crippen LogP contribution in [0.4, 0.5) is 0 Å². The molecule has 1 aliphatic carbocycles. The molecule has 0 bridgehead atoms. The summed E-state index contributed by atoms with van der Waals surface area (Å²) in [4.78, 5) is 11.8. The van der Waals surface area contributed by atoms with Gasteiger partial charge in [-0.1, -0.05) is 26.0 Å². The lowest BCUT2D eigenvalue weighted by atomic mass is 10.0. The molecule has 1 aromatic carbocycles. The van der Waals surface area contributed by atoms with E-state index in [0.717, 1.165) is 5.75 Å². The van der Waals surface area contributed by atoms with Gasteiger partial charge in [0.2, 0.25) is 5.91 Å². The standard InChI is InChI=1S/C17H26N2O2/c1-12(2)13-5-7-15(8-6-13)21-10-9-17(20)19-16(11-18)14-3-4-14/h5-8,12,14,16H,3-4,9-11,18H2,1-2H3,(H,19,20). The first-order valence-corrected chi connectivity index (χ1v) is 7.82. The molecule has 0 aliphatic heterocycles. The van der Waals surface area contributed by atoms with Gasteiger partial charge in [-0.25, -0.2) is 0 Å². The predicted molar refractivity (Wildman–Crippen MR) is 84.4 cm³/mol. The van der Waals surface area contributed by atoms with Crippen LogP contribution in [0.5, 0.6) is 5.75 Å². The third kappa shape index (κ3) is 5.05. The minimum Gasteiger partial charge on any atom is -0.493 e. The highest BCUT2D eigenvalue weighted by molar-refractivity contribution is 5.76. The van der Waals surface area contributed by atoms with Crippen LogP contribution < -0.4 is 15.8 Å². The molecular formula is C17H26N2O2. The van der Waals surface area contributed by atoms with Crippen molar-refractivity contribution in [1.29, 1.82) is 0 Å². The zero-order chi connectivity index (χ0) is 15.2. The summed E-state index contributed by atoms with van der Waals surface area (Å²) in [5.74, 6) is 1.94. The van der Waals surface area contributed by atoms with Gasteiger partial charge in [-0.3, -0.25) is 4.79 Å². The Morgan fingerprint density at radius 3 is 2.52 bits per heavy atom. The summed E-state index contributed by atoms with van der Waals surface area (Å²) in [6.07, 6.45) is 2.73. The van der Waals surface area contributed by atoms with E-state index >= 15 is 0 Å². The van der Waals surface area contributed by atoms with Gasteiger partial charge in [0.1, 0.15) is 5.75 Å². The topological polar surface area (TPSA) is 64.3 Å². The molecule has 1 aromatic rings. The van der Waals surface area contributed by atoms with Crippen molar-refractivity contribution in [3.63, 3.8) is 0 Å². The molecule has 21 heavy (non-hydrogen) atoms. The van der Waals surface area contributed by atoms with E-state index in [2.05, 4.69) is 31.3 Å². The molecule has 0 saturated heterocycles. The number of amides is 1. The summed E-state index contributed by atoms with van der Waals surface area (Å²) in [6, 6.07) is 8.19. The Bertz CT molecular complexity index is 452. The smallest absolute Gasteiger partial charge is 0.223 e. The van der Waals surface area contributed by atoms with Crippen LogP contribution in [0.2, 0.25) is 0 Å². The summed E-state index contributed by atoms with van der Waals surface area (Å²) < 4.78 is 5.61. The van der Waals surface area contributed by atoms with Crippen LogP contribution in [0.1, 0.15) is 44.6 Å². The highest BCUT2D eigenvalue weighted by atomic mass is 16.5. The molecule has 0 aromatic heterocycles. The number of benzene rings is 1. The lowest BCUT2D eigenvalue weighted by molar-refractivity contribution is -0.122. The van der Waals surface area contributed by atoms with Gasteiger partial charge < -0.3 is 15.8 Å². The molecule has 0 radical (unpaired) electrons. The number of hydrogen-bond donors (Lipinski definition) is 2. The zero-order valence-corrected chi connectivity index (χ0v) is 13.0. The molecular weight excluding hydrogens is 264 g/mol. The second-order valence-corrected chi connectivity index (χ2v) is 6.07. The maximum Gasteiger partial charge on any atom is 0.223 e. The third-order valence-electron chi connectivity index (χ3n) is 3.94. The maximum atomic E-state index is 11.8. The third-order valence-corrected chi connectivity index (χ3v) is 3.94. The number of rotatable bonds is 8. The highest BCUT2D eigenvalue weighted by Gasteiger charge is 2.30. The van der Waals surface area contributed by atoms with Crippen molar-refractivity contribution in [3.05, 3.63) is 29.8 Å².